The van der Waals surface area contributed by atoms with Gasteiger partial charge in [0.2, 0.25) is 0 Å². The lowest BCUT2D eigenvalue weighted by Crippen LogP contribution is -2.34. The van der Waals surface area contributed by atoms with Crippen molar-refractivity contribution in [1.29, 1.82) is 0 Å². The molecule has 1 unspecified atom stereocenters. The van der Waals surface area contributed by atoms with Crippen LogP contribution in [0.1, 0.15) is 50.6 Å². The van der Waals surface area contributed by atoms with Crippen LogP contribution in [0.5, 0.6) is 11.5 Å². The Balaban J connectivity index is 2.36. The van der Waals surface area contributed by atoms with E-state index in [2.05, 4.69) is 22.9 Å². The molecule has 0 heterocycles. The quantitative estimate of drug-likeness (QED) is 0.880. The van der Waals surface area contributed by atoms with E-state index in [0.717, 1.165) is 21.5 Å². The molecular formula is C16H24BrNO2. The van der Waals surface area contributed by atoms with E-state index >= 15 is 0 Å². The fraction of sp³-hybridized carbons (Fsp3) is 0.625. The predicted octanol–water partition coefficient (Wildman–Crippen LogP) is 4.44. The Morgan fingerprint density at radius 1 is 1.10 bits per heavy atom. The number of methoxy groups -OCH3 is 2. The van der Waals surface area contributed by atoms with Crippen molar-refractivity contribution in [3.05, 3.63) is 22.2 Å². The third-order valence-corrected chi connectivity index (χ3v) is 5.27. The van der Waals surface area contributed by atoms with Crippen LogP contribution >= 0.6 is 15.9 Å². The molecule has 1 aliphatic carbocycles. The van der Waals surface area contributed by atoms with Gasteiger partial charge in [-0.25, -0.2) is 0 Å². The molecular weight excluding hydrogens is 318 g/mol. The molecule has 3 nitrogen and oxygen atoms in total. The van der Waals surface area contributed by atoms with Crippen molar-refractivity contribution in [2.75, 3.05) is 14.2 Å². The highest BCUT2D eigenvalue weighted by atomic mass is 79.9. The topological polar surface area (TPSA) is 44.5 Å². The Morgan fingerprint density at radius 2 is 1.65 bits per heavy atom. The number of nitrogens with two attached hydrogens (primary N) is 1. The summed E-state index contributed by atoms with van der Waals surface area (Å²) < 4.78 is 11.7. The first-order chi connectivity index (χ1) is 9.51. The van der Waals surface area contributed by atoms with Crippen LogP contribution in [-0.2, 0) is 0 Å². The third-order valence-electron chi connectivity index (χ3n) is 4.58. The maximum absolute atomic E-state index is 6.59. The summed E-state index contributed by atoms with van der Waals surface area (Å²) in [7, 11) is 3.30. The summed E-state index contributed by atoms with van der Waals surface area (Å²) in [5.41, 5.74) is 7.86. The monoisotopic (exact) mass is 341 g/mol. The van der Waals surface area contributed by atoms with Gasteiger partial charge in [-0.3, -0.25) is 0 Å². The van der Waals surface area contributed by atoms with Gasteiger partial charge in [0, 0.05) is 10.5 Å². The molecule has 0 saturated heterocycles. The lowest BCUT2D eigenvalue weighted by molar-refractivity contribution is 0.169. The molecule has 4 heteroatoms. The molecule has 2 rings (SSSR count). The molecule has 1 aromatic carbocycles. The van der Waals surface area contributed by atoms with Gasteiger partial charge in [0.05, 0.1) is 14.2 Å². The van der Waals surface area contributed by atoms with Crippen LogP contribution in [0.25, 0.3) is 0 Å². The predicted molar refractivity (Wildman–Crippen MR) is 85.4 cm³/mol. The first-order valence-corrected chi connectivity index (χ1v) is 7.98. The minimum absolute atomic E-state index is 0.0111. The van der Waals surface area contributed by atoms with Crippen LogP contribution in [0.4, 0.5) is 0 Å². The second-order valence-corrected chi connectivity index (χ2v) is 6.78. The van der Waals surface area contributed by atoms with E-state index in [1.54, 1.807) is 14.2 Å². The molecule has 0 aliphatic heterocycles. The molecule has 0 amide bonds. The molecule has 1 fully saturated rings. The second kappa shape index (κ2) is 6.35. The van der Waals surface area contributed by atoms with E-state index in [0.29, 0.717) is 0 Å². The number of ether oxygens (including phenoxy) is 2. The third kappa shape index (κ3) is 2.96. The van der Waals surface area contributed by atoms with Crippen LogP contribution in [0, 0.1) is 5.41 Å². The molecule has 1 atom stereocenters. The molecule has 112 valence electrons. The van der Waals surface area contributed by atoms with Gasteiger partial charge in [-0.15, -0.1) is 0 Å². The summed E-state index contributed by atoms with van der Waals surface area (Å²) in [5, 5.41) is 0. The van der Waals surface area contributed by atoms with Crippen molar-refractivity contribution in [3.8, 4) is 11.5 Å². The van der Waals surface area contributed by atoms with Crippen molar-refractivity contribution in [2.24, 2.45) is 11.1 Å². The normalized spacial score (nSPS) is 19.4. The van der Waals surface area contributed by atoms with E-state index in [-0.39, 0.29) is 11.5 Å². The summed E-state index contributed by atoms with van der Waals surface area (Å²) in [6.07, 6.45) is 6.25. The lowest BCUT2D eigenvalue weighted by Gasteiger charge is -2.39. The number of benzene rings is 1. The van der Waals surface area contributed by atoms with Crippen molar-refractivity contribution in [2.45, 2.75) is 45.1 Å². The van der Waals surface area contributed by atoms with Crippen molar-refractivity contribution < 1.29 is 9.47 Å². The molecule has 0 radical (unpaired) electrons. The maximum atomic E-state index is 6.59. The zero-order valence-electron chi connectivity index (χ0n) is 12.5. The Kier molecular flexibility index (Phi) is 4.97. The van der Waals surface area contributed by atoms with E-state index in [9.17, 15) is 0 Å². The van der Waals surface area contributed by atoms with Gasteiger partial charge in [0.15, 0.2) is 11.5 Å². The largest absolute Gasteiger partial charge is 0.493 e. The van der Waals surface area contributed by atoms with Gasteiger partial charge in [-0.05, 0) is 36.0 Å². The van der Waals surface area contributed by atoms with Gasteiger partial charge in [-0.2, -0.15) is 0 Å². The fourth-order valence-corrected chi connectivity index (χ4v) is 3.72. The number of hydrogen-bond acceptors (Lipinski definition) is 3. The smallest absolute Gasteiger partial charge is 0.161 e. The summed E-state index contributed by atoms with van der Waals surface area (Å²) in [5.74, 6) is 1.46. The lowest BCUT2D eigenvalue weighted by atomic mass is 9.69. The van der Waals surface area contributed by atoms with Crippen LogP contribution in [0.15, 0.2) is 16.6 Å². The molecule has 0 spiro atoms. The minimum atomic E-state index is 0.0111. The van der Waals surface area contributed by atoms with E-state index < -0.39 is 0 Å². The Bertz CT molecular complexity index is 470. The molecule has 1 aromatic rings. The van der Waals surface area contributed by atoms with E-state index in [1.807, 2.05) is 12.1 Å². The highest BCUT2D eigenvalue weighted by Gasteiger charge is 2.35. The zero-order valence-corrected chi connectivity index (χ0v) is 14.1. The van der Waals surface area contributed by atoms with Crippen molar-refractivity contribution >= 4 is 15.9 Å². The summed E-state index contributed by atoms with van der Waals surface area (Å²) >= 11 is 3.63. The van der Waals surface area contributed by atoms with Crippen LogP contribution < -0.4 is 15.2 Å². The first kappa shape index (κ1) is 15.6. The summed E-state index contributed by atoms with van der Waals surface area (Å²) in [6.45, 7) is 2.31. The molecule has 2 N–H and O–H groups in total. The first-order valence-electron chi connectivity index (χ1n) is 7.19. The molecule has 1 saturated carbocycles. The SMILES string of the molecule is COc1cc(Br)c(C(N)C2(C)CCCCC2)cc1OC. The maximum Gasteiger partial charge on any atom is 0.161 e. The van der Waals surface area contributed by atoms with E-state index in [4.69, 9.17) is 15.2 Å². The van der Waals surface area contributed by atoms with Crippen LogP contribution in [0.3, 0.4) is 0 Å². The Labute approximate surface area is 130 Å². The molecule has 1 aliphatic rings. The summed E-state index contributed by atoms with van der Waals surface area (Å²) in [6, 6.07) is 3.96. The van der Waals surface area contributed by atoms with Crippen LogP contribution in [-0.4, -0.2) is 14.2 Å². The average Bonchev–Trinajstić information content (AvgIpc) is 2.47. The van der Waals surface area contributed by atoms with Crippen molar-refractivity contribution in [3.63, 3.8) is 0 Å². The van der Waals surface area contributed by atoms with Gasteiger partial charge >= 0.3 is 0 Å². The standard InChI is InChI=1S/C16H24BrNO2/c1-16(7-5-4-6-8-16)15(18)11-9-13(19-2)14(20-3)10-12(11)17/h9-10,15H,4-8,18H2,1-3H3. The highest BCUT2D eigenvalue weighted by Crippen LogP contribution is 2.47. The summed E-state index contributed by atoms with van der Waals surface area (Å²) in [4.78, 5) is 0. The van der Waals surface area contributed by atoms with E-state index in [1.165, 1.54) is 32.1 Å². The molecule has 0 aromatic heterocycles. The van der Waals surface area contributed by atoms with Crippen LogP contribution in [0.2, 0.25) is 0 Å². The molecule has 20 heavy (non-hydrogen) atoms. The molecule has 0 bridgehead atoms. The van der Waals surface area contributed by atoms with Crippen molar-refractivity contribution in [1.82, 2.24) is 0 Å². The average molecular weight is 342 g/mol. The van der Waals surface area contributed by atoms with Gasteiger partial charge < -0.3 is 15.2 Å². The Hall–Kier alpha value is -0.740. The fourth-order valence-electron chi connectivity index (χ4n) is 3.15. The number of hydrogen-bond donors (Lipinski definition) is 1. The number of rotatable bonds is 4. The van der Waals surface area contributed by atoms with Gasteiger partial charge in [-0.1, -0.05) is 42.1 Å². The second-order valence-electron chi connectivity index (χ2n) is 5.92. The highest BCUT2D eigenvalue weighted by molar-refractivity contribution is 9.10. The van der Waals surface area contributed by atoms with Gasteiger partial charge in [0.1, 0.15) is 0 Å². The van der Waals surface area contributed by atoms with Gasteiger partial charge in [0.25, 0.3) is 0 Å². The minimum Gasteiger partial charge on any atom is -0.493 e. The Morgan fingerprint density at radius 3 is 2.20 bits per heavy atom. The zero-order chi connectivity index (χ0) is 14.8. The number of halogens is 1.